The van der Waals surface area contributed by atoms with Crippen LogP contribution in [0.2, 0.25) is 0 Å². The largest absolute Gasteiger partial charge is 0.440 e. The zero-order valence-electron chi connectivity index (χ0n) is 10.0. The van der Waals surface area contributed by atoms with Crippen LogP contribution in [0.1, 0.15) is 13.3 Å². The Morgan fingerprint density at radius 2 is 2.06 bits per heavy atom. The van der Waals surface area contributed by atoms with Gasteiger partial charge in [-0.15, -0.1) is 0 Å². The van der Waals surface area contributed by atoms with E-state index in [1.807, 2.05) is 0 Å². The van der Waals surface area contributed by atoms with Crippen LogP contribution in [0, 0.1) is 0 Å². The van der Waals surface area contributed by atoms with Crippen molar-refractivity contribution in [2.75, 3.05) is 12.3 Å². The molecule has 5 atom stereocenters. The lowest BCUT2D eigenvalue weighted by molar-refractivity contribution is -0.280. The molecule has 7 nitrogen and oxygen atoms in total. The third-order valence-electron chi connectivity index (χ3n) is 2.69. The molecule has 1 amide bonds. The Labute approximate surface area is 110 Å². The van der Waals surface area contributed by atoms with Crippen molar-refractivity contribution in [3.63, 3.8) is 0 Å². The molecule has 0 bridgehead atoms. The highest BCUT2D eigenvalue weighted by molar-refractivity contribution is 7.80. The maximum absolute atomic E-state index is 11.4. The molecule has 1 heterocycles. The highest BCUT2D eigenvalue weighted by Gasteiger charge is 2.45. The minimum Gasteiger partial charge on any atom is -0.440 e. The van der Waals surface area contributed by atoms with Crippen LogP contribution in [-0.4, -0.2) is 64.4 Å². The fourth-order valence-corrected chi connectivity index (χ4v) is 1.83. The van der Waals surface area contributed by atoms with Gasteiger partial charge in [0.15, 0.2) is 12.4 Å². The number of hydrogen-bond acceptors (Lipinski definition) is 7. The molecule has 0 aliphatic carbocycles. The van der Waals surface area contributed by atoms with Crippen LogP contribution in [0.5, 0.6) is 0 Å². The summed E-state index contributed by atoms with van der Waals surface area (Å²) in [6.07, 6.45) is -6.43. The van der Waals surface area contributed by atoms with E-state index in [2.05, 4.69) is 17.9 Å². The summed E-state index contributed by atoms with van der Waals surface area (Å²) in [5.41, 5.74) is 0. The van der Waals surface area contributed by atoms with Crippen LogP contribution in [0.4, 0.5) is 4.79 Å². The quantitative estimate of drug-likeness (QED) is 0.417. The monoisotopic (exact) mass is 281 g/mol. The molecular weight excluding hydrogens is 262 g/mol. The lowest BCUT2D eigenvalue weighted by Crippen LogP contribution is -2.59. The summed E-state index contributed by atoms with van der Waals surface area (Å²) < 4.78 is 9.88. The molecule has 8 heteroatoms. The number of thiol groups is 1. The number of alkyl carbamates (subject to hydrolysis) is 1. The smallest absolute Gasteiger partial charge is 0.407 e. The van der Waals surface area contributed by atoms with Gasteiger partial charge in [0.05, 0.1) is 6.10 Å². The minimum atomic E-state index is -1.49. The van der Waals surface area contributed by atoms with E-state index in [1.165, 1.54) is 0 Å². The number of amides is 1. The molecule has 106 valence electrons. The molecule has 0 aromatic heterocycles. The number of hydrogen-bond donors (Lipinski definition) is 5. The topological polar surface area (TPSA) is 108 Å². The van der Waals surface area contributed by atoms with Gasteiger partial charge < -0.3 is 30.1 Å². The van der Waals surface area contributed by atoms with Crippen molar-refractivity contribution in [2.24, 2.45) is 0 Å². The minimum absolute atomic E-state index is 0.303. The molecule has 4 N–H and O–H groups in total. The molecule has 18 heavy (non-hydrogen) atoms. The lowest BCUT2D eigenvalue weighted by Gasteiger charge is -2.39. The van der Waals surface area contributed by atoms with E-state index in [0.717, 1.165) is 0 Å². The van der Waals surface area contributed by atoms with Crippen LogP contribution >= 0.6 is 12.6 Å². The fraction of sp³-hybridized carbons (Fsp3) is 0.900. The Kier molecular flexibility index (Phi) is 6.16. The average molecular weight is 281 g/mol. The van der Waals surface area contributed by atoms with Crippen molar-refractivity contribution in [1.82, 2.24) is 5.32 Å². The third kappa shape index (κ3) is 3.72. The molecule has 0 spiro atoms. The van der Waals surface area contributed by atoms with E-state index >= 15 is 0 Å². The van der Waals surface area contributed by atoms with E-state index in [4.69, 9.17) is 9.47 Å². The predicted molar refractivity (Wildman–Crippen MR) is 65.3 cm³/mol. The van der Waals surface area contributed by atoms with E-state index < -0.39 is 36.8 Å². The van der Waals surface area contributed by atoms with Crippen molar-refractivity contribution in [2.45, 2.75) is 44.1 Å². The van der Waals surface area contributed by atoms with Crippen LogP contribution in [-0.2, 0) is 9.47 Å². The molecule has 2 unspecified atom stereocenters. The van der Waals surface area contributed by atoms with Crippen molar-refractivity contribution in [3.8, 4) is 0 Å². The predicted octanol–water partition coefficient (Wildman–Crippen LogP) is -1.14. The summed E-state index contributed by atoms with van der Waals surface area (Å²) in [7, 11) is 0. The van der Waals surface area contributed by atoms with Crippen LogP contribution in [0.3, 0.4) is 0 Å². The van der Waals surface area contributed by atoms with E-state index in [1.54, 1.807) is 6.92 Å². The molecule has 0 saturated carbocycles. The Hall–Kier alpha value is -0.540. The summed E-state index contributed by atoms with van der Waals surface area (Å²) in [6.45, 7) is 2.05. The fourth-order valence-electron chi connectivity index (χ4n) is 1.72. The Morgan fingerprint density at radius 1 is 1.39 bits per heavy atom. The number of ether oxygens (including phenoxy) is 2. The first-order chi connectivity index (χ1) is 8.51. The van der Waals surface area contributed by atoms with Gasteiger partial charge in [0.25, 0.3) is 0 Å². The molecule has 1 rings (SSSR count). The zero-order chi connectivity index (χ0) is 13.7. The second-order valence-electron chi connectivity index (χ2n) is 3.97. The van der Waals surface area contributed by atoms with Gasteiger partial charge in [0.2, 0.25) is 0 Å². The van der Waals surface area contributed by atoms with E-state index in [9.17, 15) is 20.1 Å². The summed E-state index contributed by atoms with van der Waals surface area (Å²) in [5, 5.41) is 31.4. The van der Waals surface area contributed by atoms with Crippen molar-refractivity contribution in [1.29, 1.82) is 0 Å². The maximum Gasteiger partial charge on any atom is 0.407 e. The van der Waals surface area contributed by atoms with Crippen LogP contribution in [0.25, 0.3) is 0 Å². The second kappa shape index (κ2) is 7.15. The average Bonchev–Trinajstić information content (AvgIpc) is 2.36. The van der Waals surface area contributed by atoms with E-state index in [0.29, 0.717) is 18.7 Å². The van der Waals surface area contributed by atoms with Crippen molar-refractivity contribution in [3.05, 3.63) is 0 Å². The summed E-state index contributed by atoms with van der Waals surface area (Å²) in [4.78, 5) is 11.4. The third-order valence-corrected chi connectivity index (χ3v) is 2.91. The highest BCUT2D eigenvalue weighted by Crippen LogP contribution is 2.24. The number of carbonyl (C=O) groups is 1. The van der Waals surface area contributed by atoms with Gasteiger partial charge in [-0.3, -0.25) is 0 Å². The van der Waals surface area contributed by atoms with Crippen molar-refractivity contribution >= 4 is 18.7 Å². The normalized spacial score (nSPS) is 36.2. The van der Waals surface area contributed by atoms with Crippen LogP contribution in [0.15, 0.2) is 0 Å². The van der Waals surface area contributed by atoms with Crippen molar-refractivity contribution < 1.29 is 29.6 Å². The lowest BCUT2D eigenvalue weighted by atomic mass is 9.97. The highest BCUT2D eigenvalue weighted by atomic mass is 32.1. The second-order valence-corrected chi connectivity index (χ2v) is 4.42. The molecular formula is C10H19NO6S. The van der Waals surface area contributed by atoms with Gasteiger partial charge in [-0.05, 0) is 6.42 Å². The molecule has 1 aliphatic rings. The maximum atomic E-state index is 11.4. The molecule has 1 aliphatic heterocycles. The Bertz CT molecular complexity index is 279. The summed E-state index contributed by atoms with van der Waals surface area (Å²) >= 11 is 3.91. The molecule has 0 aromatic carbocycles. The first-order valence-corrected chi connectivity index (χ1v) is 6.39. The molecule has 1 saturated heterocycles. The zero-order valence-corrected chi connectivity index (χ0v) is 10.9. The molecule has 0 radical (unpaired) electrons. The number of nitrogens with one attached hydrogen (secondary N) is 1. The van der Waals surface area contributed by atoms with Gasteiger partial charge in [-0.2, -0.15) is 12.6 Å². The summed E-state index contributed by atoms with van der Waals surface area (Å²) in [6, 6.07) is 0. The van der Waals surface area contributed by atoms with Gasteiger partial charge in [-0.1, -0.05) is 6.92 Å². The SMILES string of the molecule is CCC1O[C@H](O)C(O)[C@@H](OC(=O)NCCS)[C@@H]1O. The first kappa shape index (κ1) is 15.5. The van der Waals surface area contributed by atoms with Gasteiger partial charge >= 0.3 is 6.09 Å². The molecule has 0 aromatic rings. The van der Waals surface area contributed by atoms with Crippen LogP contribution < -0.4 is 5.32 Å². The standard InChI is InChI=1S/C10H19NO6S/c1-2-5-6(12)8(7(13)9(14)16-5)17-10(15)11-3-4-18/h5-9,12-14,18H,2-4H2,1H3,(H,11,15)/t5?,6-,7?,8+,9+/m1/s1. The number of rotatable bonds is 4. The number of aliphatic hydroxyl groups is 3. The Balaban J connectivity index is 2.61. The number of carbonyl (C=O) groups excluding carboxylic acids is 1. The summed E-state index contributed by atoms with van der Waals surface area (Å²) in [5.74, 6) is 0.439. The van der Waals surface area contributed by atoms with Gasteiger partial charge in [-0.25, -0.2) is 4.79 Å². The van der Waals surface area contributed by atoms with Gasteiger partial charge in [0, 0.05) is 12.3 Å². The van der Waals surface area contributed by atoms with Gasteiger partial charge in [0.1, 0.15) is 12.2 Å². The van der Waals surface area contributed by atoms with E-state index in [-0.39, 0.29) is 0 Å². The Morgan fingerprint density at radius 3 is 2.61 bits per heavy atom. The first-order valence-electron chi connectivity index (χ1n) is 5.76. The number of aliphatic hydroxyl groups excluding tert-OH is 3. The molecule has 1 fully saturated rings.